The van der Waals surface area contributed by atoms with Crippen molar-refractivity contribution in [2.75, 3.05) is 12.4 Å². The van der Waals surface area contributed by atoms with Gasteiger partial charge in [-0.2, -0.15) is 0 Å². The predicted octanol–water partition coefficient (Wildman–Crippen LogP) is 5.19. The number of methoxy groups -OCH3 is 1. The second kappa shape index (κ2) is 8.65. The Labute approximate surface area is 182 Å². The van der Waals surface area contributed by atoms with Crippen LogP contribution in [0.25, 0.3) is 11.0 Å². The number of furan rings is 1. The van der Waals surface area contributed by atoms with Crippen LogP contribution in [0.3, 0.4) is 0 Å². The lowest BCUT2D eigenvalue weighted by atomic mass is 10.0. The molecule has 0 spiro atoms. The molecule has 1 amide bonds. The summed E-state index contributed by atoms with van der Waals surface area (Å²) in [5.41, 5.74) is 2.40. The maximum atomic E-state index is 12.9. The van der Waals surface area contributed by atoms with Gasteiger partial charge in [0.1, 0.15) is 17.1 Å². The van der Waals surface area contributed by atoms with Crippen LogP contribution < -0.4 is 10.1 Å². The number of nitrogens with one attached hydrogen (secondary N) is 1. The van der Waals surface area contributed by atoms with Crippen LogP contribution in [0.5, 0.6) is 5.75 Å². The summed E-state index contributed by atoms with van der Waals surface area (Å²) in [7, 11) is 1.57. The van der Waals surface area contributed by atoms with Gasteiger partial charge in [-0.1, -0.05) is 16.8 Å². The topological polar surface area (TPSA) is 94.6 Å². The first-order chi connectivity index (χ1) is 14.9. The molecule has 31 heavy (non-hydrogen) atoms. The van der Waals surface area contributed by atoms with Crippen molar-refractivity contribution in [3.05, 3.63) is 76.3 Å². The third-order valence-electron chi connectivity index (χ3n) is 4.91. The van der Waals surface area contributed by atoms with Gasteiger partial charge in [-0.05, 0) is 49.4 Å². The molecule has 1 N–H and O–H groups in total. The molecular weight excluding hydrogens is 420 g/mol. The molecule has 0 unspecified atom stereocenters. The van der Waals surface area contributed by atoms with E-state index in [1.807, 2.05) is 6.92 Å². The van der Waals surface area contributed by atoms with Crippen molar-refractivity contribution in [2.45, 2.75) is 19.8 Å². The van der Waals surface area contributed by atoms with E-state index >= 15 is 0 Å². The summed E-state index contributed by atoms with van der Waals surface area (Å²) < 4.78 is 15.9. The molecule has 0 aliphatic carbocycles. The number of hydrogen-bond acceptors (Lipinski definition) is 6. The molecule has 4 aromatic rings. The largest absolute Gasteiger partial charge is 0.497 e. The molecule has 8 heteroatoms. The van der Waals surface area contributed by atoms with Gasteiger partial charge in [0.25, 0.3) is 0 Å². The molecule has 158 valence electrons. The van der Waals surface area contributed by atoms with Crippen molar-refractivity contribution < 1.29 is 23.3 Å². The lowest BCUT2D eigenvalue weighted by Gasteiger charge is -2.04. The van der Waals surface area contributed by atoms with Crippen molar-refractivity contribution in [2.24, 2.45) is 0 Å². The molecule has 2 aromatic heterocycles. The number of hydrogen-bond donors (Lipinski definition) is 1. The zero-order valence-electron chi connectivity index (χ0n) is 16.9. The molecule has 0 fully saturated rings. The van der Waals surface area contributed by atoms with Crippen LogP contribution in [0.15, 0.2) is 57.5 Å². The SMILES string of the molecule is COc1ccc(C(=O)c2oc3ccc(NC(=O)CCc4cc(Cl)no4)cc3c2C)cc1. The highest BCUT2D eigenvalue weighted by Gasteiger charge is 2.20. The number of amides is 1. The Morgan fingerprint density at radius 1 is 1.13 bits per heavy atom. The number of carbonyl (C=O) groups is 2. The van der Waals surface area contributed by atoms with E-state index in [-0.39, 0.29) is 29.0 Å². The highest BCUT2D eigenvalue weighted by Crippen LogP contribution is 2.30. The van der Waals surface area contributed by atoms with Crippen molar-refractivity contribution in [3.8, 4) is 5.75 Å². The zero-order valence-corrected chi connectivity index (χ0v) is 17.7. The summed E-state index contributed by atoms with van der Waals surface area (Å²) in [6, 6.07) is 13.7. The third-order valence-corrected chi connectivity index (χ3v) is 5.09. The fourth-order valence-electron chi connectivity index (χ4n) is 3.25. The van der Waals surface area contributed by atoms with Gasteiger partial charge in [0.15, 0.2) is 10.9 Å². The van der Waals surface area contributed by atoms with Gasteiger partial charge in [-0.15, -0.1) is 0 Å². The zero-order chi connectivity index (χ0) is 22.0. The van der Waals surface area contributed by atoms with Crippen LogP contribution in [0, 0.1) is 6.92 Å². The number of carbonyl (C=O) groups excluding carboxylic acids is 2. The maximum absolute atomic E-state index is 12.9. The molecule has 0 saturated heterocycles. The Morgan fingerprint density at radius 2 is 1.90 bits per heavy atom. The number of aromatic nitrogens is 1. The lowest BCUT2D eigenvalue weighted by molar-refractivity contribution is -0.116. The van der Waals surface area contributed by atoms with Crippen LogP contribution in [0.1, 0.15) is 33.9 Å². The van der Waals surface area contributed by atoms with Crippen LogP contribution in [0.2, 0.25) is 5.15 Å². The predicted molar refractivity (Wildman–Crippen MR) is 116 cm³/mol. The van der Waals surface area contributed by atoms with Gasteiger partial charge in [0, 0.05) is 41.1 Å². The third kappa shape index (κ3) is 4.46. The van der Waals surface area contributed by atoms with Crippen molar-refractivity contribution in [1.29, 1.82) is 0 Å². The second-order valence-electron chi connectivity index (χ2n) is 6.99. The van der Waals surface area contributed by atoms with Gasteiger partial charge < -0.3 is 19.0 Å². The van der Waals surface area contributed by atoms with Crippen LogP contribution >= 0.6 is 11.6 Å². The molecule has 0 aliphatic heterocycles. The van der Waals surface area contributed by atoms with Gasteiger partial charge in [-0.25, -0.2) is 0 Å². The molecule has 2 heterocycles. The number of benzene rings is 2. The molecular formula is C23H19ClN2O5. The summed E-state index contributed by atoms with van der Waals surface area (Å²) >= 11 is 5.71. The van der Waals surface area contributed by atoms with Crippen molar-refractivity contribution in [3.63, 3.8) is 0 Å². The number of ether oxygens (including phenoxy) is 1. The van der Waals surface area contributed by atoms with Crippen LogP contribution in [-0.2, 0) is 11.2 Å². The molecule has 0 saturated carbocycles. The minimum absolute atomic E-state index is 0.178. The molecule has 0 radical (unpaired) electrons. The van der Waals surface area contributed by atoms with Crippen LogP contribution in [-0.4, -0.2) is 24.0 Å². The number of rotatable bonds is 7. The smallest absolute Gasteiger partial charge is 0.228 e. The molecule has 4 rings (SSSR count). The Hall–Kier alpha value is -3.58. The molecule has 2 aromatic carbocycles. The van der Waals surface area contributed by atoms with Gasteiger partial charge in [-0.3, -0.25) is 9.59 Å². The average molecular weight is 439 g/mol. The fraction of sp³-hybridized carbons (Fsp3) is 0.174. The first kappa shape index (κ1) is 20.7. The summed E-state index contributed by atoms with van der Waals surface area (Å²) in [6.45, 7) is 1.82. The molecule has 0 aliphatic rings. The molecule has 0 bridgehead atoms. The summed E-state index contributed by atoms with van der Waals surface area (Å²) in [6.07, 6.45) is 0.605. The van der Waals surface area contributed by atoms with E-state index < -0.39 is 0 Å². The van der Waals surface area contributed by atoms with Crippen molar-refractivity contribution in [1.82, 2.24) is 5.16 Å². The maximum Gasteiger partial charge on any atom is 0.228 e. The molecule has 7 nitrogen and oxygen atoms in total. The van der Waals surface area contributed by atoms with E-state index in [1.54, 1.807) is 55.6 Å². The van der Waals surface area contributed by atoms with Crippen molar-refractivity contribution >= 4 is 39.9 Å². The molecule has 0 atom stereocenters. The minimum atomic E-state index is -0.215. The van der Waals surface area contributed by atoms with E-state index in [0.717, 1.165) is 5.39 Å². The quantitative estimate of drug-likeness (QED) is 0.399. The summed E-state index contributed by atoms with van der Waals surface area (Å²) in [5, 5.41) is 7.45. The Balaban J connectivity index is 1.50. The van der Waals surface area contributed by atoms with E-state index in [2.05, 4.69) is 10.5 Å². The average Bonchev–Trinajstić information content (AvgIpc) is 3.35. The van der Waals surface area contributed by atoms with Gasteiger partial charge >= 0.3 is 0 Å². The highest BCUT2D eigenvalue weighted by atomic mass is 35.5. The Morgan fingerprint density at radius 3 is 2.58 bits per heavy atom. The van der Waals surface area contributed by atoms with E-state index in [0.29, 0.717) is 40.3 Å². The number of nitrogens with zero attached hydrogens (tertiary/aromatic N) is 1. The monoisotopic (exact) mass is 438 g/mol. The van der Waals surface area contributed by atoms with E-state index in [1.165, 1.54) is 0 Å². The summed E-state index contributed by atoms with van der Waals surface area (Å²) in [5.74, 6) is 1.09. The number of aryl methyl sites for hydroxylation is 2. The van der Waals surface area contributed by atoms with E-state index in [4.69, 9.17) is 25.3 Å². The lowest BCUT2D eigenvalue weighted by Crippen LogP contribution is -2.12. The number of ketones is 1. The van der Waals surface area contributed by atoms with Gasteiger partial charge in [0.2, 0.25) is 11.7 Å². The second-order valence-corrected chi connectivity index (χ2v) is 7.38. The fourth-order valence-corrected chi connectivity index (χ4v) is 3.41. The first-order valence-electron chi connectivity index (χ1n) is 9.57. The Kier molecular flexibility index (Phi) is 5.77. The summed E-state index contributed by atoms with van der Waals surface area (Å²) in [4.78, 5) is 25.2. The minimum Gasteiger partial charge on any atom is -0.497 e. The number of fused-ring (bicyclic) bond motifs is 1. The standard InChI is InChI=1S/C23H19ClN2O5/c1-13-18-11-15(25-21(27)10-8-17-12-20(24)26-31-17)5-9-19(18)30-23(13)22(28)14-3-6-16(29-2)7-4-14/h3-7,9,11-12H,8,10H2,1-2H3,(H,25,27). The Bertz CT molecular complexity index is 1260. The van der Waals surface area contributed by atoms with Crippen LogP contribution in [0.4, 0.5) is 5.69 Å². The highest BCUT2D eigenvalue weighted by molar-refractivity contribution is 6.29. The first-order valence-corrected chi connectivity index (χ1v) is 9.95. The number of halogens is 1. The van der Waals surface area contributed by atoms with Gasteiger partial charge in [0.05, 0.1) is 7.11 Å². The van der Waals surface area contributed by atoms with E-state index in [9.17, 15) is 9.59 Å². The normalized spacial score (nSPS) is 10.9. The number of anilines is 1.